The Kier molecular flexibility index (Phi) is 4.57. The van der Waals surface area contributed by atoms with Crippen LogP contribution in [0.25, 0.3) is 0 Å². The Labute approximate surface area is 109 Å². The smallest absolute Gasteiger partial charge is 0.109 e. The summed E-state index contributed by atoms with van der Waals surface area (Å²) in [6.07, 6.45) is 8.58. The fourth-order valence-corrected chi connectivity index (χ4v) is 3.69. The van der Waals surface area contributed by atoms with E-state index in [0.717, 1.165) is 12.3 Å². The number of hydrogen-bond acceptors (Lipinski definition) is 3. The molecule has 96 valence electrons. The molecule has 1 saturated carbocycles. The molecular formula is C14H24N2S. The van der Waals surface area contributed by atoms with E-state index in [9.17, 15) is 0 Å². The second-order valence-electron chi connectivity index (χ2n) is 5.11. The number of hydrogen-bond donors (Lipinski definition) is 1. The average molecular weight is 252 g/mol. The lowest BCUT2D eigenvalue weighted by Crippen LogP contribution is -2.34. The van der Waals surface area contributed by atoms with Crippen molar-refractivity contribution in [3.63, 3.8) is 0 Å². The topological polar surface area (TPSA) is 24.9 Å². The first-order valence-corrected chi connectivity index (χ1v) is 7.76. The summed E-state index contributed by atoms with van der Waals surface area (Å²) in [5.41, 5.74) is 0. The second-order valence-corrected chi connectivity index (χ2v) is 6.26. The zero-order chi connectivity index (χ0) is 12.3. The van der Waals surface area contributed by atoms with Crippen LogP contribution in [-0.2, 0) is 6.42 Å². The van der Waals surface area contributed by atoms with Crippen LogP contribution in [0, 0.1) is 5.92 Å². The molecule has 1 heterocycles. The van der Waals surface area contributed by atoms with Crippen molar-refractivity contribution >= 4 is 11.3 Å². The maximum Gasteiger partial charge on any atom is 0.109 e. The van der Waals surface area contributed by atoms with Gasteiger partial charge in [-0.2, -0.15) is 0 Å². The van der Waals surface area contributed by atoms with E-state index in [2.05, 4.69) is 31.1 Å². The van der Waals surface area contributed by atoms with E-state index in [-0.39, 0.29) is 0 Å². The van der Waals surface area contributed by atoms with Gasteiger partial charge in [0.15, 0.2) is 0 Å². The monoisotopic (exact) mass is 252 g/mol. The molecule has 1 aromatic heterocycles. The van der Waals surface area contributed by atoms with Gasteiger partial charge in [-0.05, 0) is 32.1 Å². The Morgan fingerprint density at radius 3 is 2.94 bits per heavy atom. The van der Waals surface area contributed by atoms with Crippen LogP contribution in [0.4, 0.5) is 0 Å². The molecule has 3 atom stereocenters. The third-order valence-electron chi connectivity index (χ3n) is 3.94. The highest BCUT2D eigenvalue weighted by molar-refractivity contribution is 7.11. The minimum absolute atomic E-state index is 0.414. The highest BCUT2D eigenvalue weighted by atomic mass is 32.1. The van der Waals surface area contributed by atoms with Crippen molar-refractivity contribution in [2.24, 2.45) is 5.92 Å². The van der Waals surface area contributed by atoms with Crippen molar-refractivity contribution in [2.75, 3.05) is 0 Å². The number of nitrogens with one attached hydrogen (secondary N) is 1. The van der Waals surface area contributed by atoms with Gasteiger partial charge < -0.3 is 5.32 Å². The normalized spacial score (nSPS) is 26.3. The summed E-state index contributed by atoms with van der Waals surface area (Å²) in [5.74, 6) is 0.878. The molecular weight excluding hydrogens is 228 g/mol. The van der Waals surface area contributed by atoms with E-state index in [4.69, 9.17) is 0 Å². The molecule has 0 aromatic carbocycles. The average Bonchev–Trinajstić information content (AvgIpc) is 2.96. The van der Waals surface area contributed by atoms with Crippen molar-refractivity contribution in [1.82, 2.24) is 10.3 Å². The molecule has 0 spiro atoms. The number of aromatic nitrogens is 1. The maximum absolute atomic E-state index is 4.54. The van der Waals surface area contributed by atoms with Crippen molar-refractivity contribution in [3.8, 4) is 0 Å². The van der Waals surface area contributed by atoms with Crippen LogP contribution in [0.5, 0.6) is 0 Å². The lowest BCUT2D eigenvalue weighted by molar-refractivity contribution is 0.360. The molecule has 1 fully saturated rings. The summed E-state index contributed by atoms with van der Waals surface area (Å²) in [4.78, 5) is 5.93. The van der Waals surface area contributed by atoms with Gasteiger partial charge in [-0.3, -0.25) is 0 Å². The van der Waals surface area contributed by atoms with E-state index >= 15 is 0 Å². The summed E-state index contributed by atoms with van der Waals surface area (Å²) in [6.45, 7) is 6.76. The van der Waals surface area contributed by atoms with Crippen LogP contribution in [0.2, 0.25) is 0 Å². The molecule has 1 aromatic rings. The molecule has 0 amide bonds. The summed E-state index contributed by atoms with van der Waals surface area (Å²) in [7, 11) is 0. The SMILES string of the molecule is CCc1cnc(C(C)NC2CCCC2CC)s1. The molecule has 1 N–H and O–H groups in total. The van der Waals surface area contributed by atoms with Crippen LogP contribution in [0.1, 0.15) is 62.4 Å². The minimum atomic E-state index is 0.414. The van der Waals surface area contributed by atoms with Gasteiger partial charge >= 0.3 is 0 Å². The van der Waals surface area contributed by atoms with Crippen molar-refractivity contribution in [2.45, 2.75) is 65.0 Å². The molecule has 0 saturated heterocycles. The Morgan fingerprint density at radius 1 is 1.47 bits per heavy atom. The quantitative estimate of drug-likeness (QED) is 0.858. The first-order chi connectivity index (χ1) is 8.24. The first kappa shape index (κ1) is 13.0. The molecule has 0 bridgehead atoms. The summed E-state index contributed by atoms with van der Waals surface area (Å²) in [6, 6.07) is 1.13. The van der Waals surface area contributed by atoms with Gasteiger partial charge in [-0.25, -0.2) is 4.98 Å². The largest absolute Gasteiger partial charge is 0.305 e. The van der Waals surface area contributed by atoms with Gasteiger partial charge in [0.2, 0.25) is 0 Å². The second kappa shape index (κ2) is 5.96. The van der Waals surface area contributed by atoms with Gasteiger partial charge in [0.05, 0.1) is 6.04 Å². The fourth-order valence-electron chi connectivity index (χ4n) is 2.82. The summed E-state index contributed by atoms with van der Waals surface area (Å²) in [5, 5.41) is 5.03. The van der Waals surface area contributed by atoms with Crippen LogP contribution in [0.15, 0.2) is 6.20 Å². The fraction of sp³-hybridized carbons (Fsp3) is 0.786. The lowest BCUT2D eigenvalue weighted by atomic mass is 10.00. The van der Waals surface area contributed by atoms with E-state index in [1.165, 1.54) is 35.6 Å². The molecule has 0 radical (unpaired) electrons. The molecule has 0 aliphatic heterocycles. The maximum atomic E-state index is 4.54. The van der Waals surface area contributed by atoms with E-state index in [0.29, 0.717) is 12.1 Å². The number of rotatable bonds is 5. The minimum Gasteiger partial charge on any atom is -0.305 e. The summed E-state index contributed by atoms with van der Waals surface area (Å²) < 4.78 is 0. The molecule has 17 heavy (non-hydrogen) atoms. The Hall–Kier alpha value is -0.410. The molecule has 3 heteroatoms. The van der Waals surface area contributed by atoms with Crippen LogP contribution >= 0.6 is 11.3 Å². The third kappa shape index (κ3) is 3.08. The first-order valence-electron chi connectivity index (χ1n) is 6.95. The number of aryl methyl sites for hydroxylation is 1. The zero-order valence-electron chi connectivity index (χ0n) is 11.2. The standard InChI is InChI=1S/C14H24N2S/c1-4-11-7-6-8-13(11)16-10(3)14-15-9-12(5-2)17-14/h9-11,13,16H,4-8H2,1-3H3. The van der Waals surface area contributed by atoms with Gasteiger partial charge in [-0.1, -0.05) is 26.7 Å². The van der Waals surface area contributed by atoms with Crippen molar-refractivity contribution in [1.29, 1.82) is 0 Å². The Bertz CT molecular complexity index is 348. The highest BCUT2D eigenvalue weighted by Gasteiger charge is 2.27. The Morgan fingerprint density at radius 2 is 2.29 bits per heavy atom. The van der Waals surface area contributed by atoms with Gasteiger partial charge in [0.25, 0.3) is 0 Å². The molecule has 3 unspecified atom stereocenters. The van der Waals surface area contributed by atoms with E-state index in [1.807, 2.05) is 17.5 Å². The van der Waals surface area contributed by atoms with Crippen LogP contribution < -0.4 is 5.32 Å². The predicted octanol–water partition coefficient (Wildman–Crippen LogP) is 3.93. The highest BCUT2D eigenvalue weighted by Crippen LogP contribution is 2.30. The molecule has 2 rings (SSSR count). The lowest BCUT2D eigenvalue weighted by Gasteiger charge is -2.23. The molecule has 2 nitrogen and oxygen atoms in total. The van der Waals surface area contributed by atoms with Gasteiger partial charge in [0.1, 0.15) is 5.01 Å². The molecule has 1 aliphatic rings. The van der Waals surface area contributed by atoms with Gasteiger partial charge in [-0.15, -0.1) is 11.3 Å². The van der Waals surface area contributed by atoms with Crippen molar-refractivity contribution < 1.29 is 0 Å². The molecule has 1 aliphatic carbocycles. The third-order valence-corrected chi connectivity index (χ3v) is 5.26. The van der Waals surface area contributed by atoms with Crippen LogP contribution in [0.3, 0.4) is 0 Å². The number of nitrogens with zero attached hydrogens (tertiary/aromatic N) is 1. The Balaban J connectivity index is 1.94. The van der Waals surface area contributed by atoms with Gasteiger partial charge in [0, 0.05) is 17.1 Å². The van der Waals surface area contributed by atoms with Crippen LogP contribution in [-0.4, -0.2) is 11.0 Å². The number of thiazole rings is 1. The predicted molar refractivity (Wildman–Crippen MR) is 74.5 cm³/mol. The van der Waals surface area contributed by atoms with E-state index in [1.54, 1.807) is 0 Å². The van der Waals surface area contributed by atoms with Crippen molar-refractivity contribution in [3.05, 3.63) is 16.1 Å². The van der Waals surface area contributed by atoms with E-state index < -0.39 is 0 Å². The summed E-state index contributed by atoms with van der Waals surface area (Å²) >= 11 is 1.86. The zero-order valence-corrected chi connectivity index (χ0v) is 12.0.